The average molecular weight is 314 g/mol. The summed E-state index contributed by atoms with van der Waals surface area (Å²) >= 11 is 0. The minimum absolute atomic E-state index is 0.0880. The van der Waals surface area contributed by atoms with Crippen LogP contribution in [0.3, 0.4) is 0 Å². The van der Waals surface area contributed by atoms with Crippen molar-refractivity contribution in [1.82, 2.24) is 0 Å². The van der Waals surface area contributed by atoms with E-state index >= 15 is 0 Å². The van der Waals surface area contributed by atoms with E-state index in [2.05, 4.69) is 33.9 Å². The fourth-order valence-corrected chi connectivity index (χ4v) is 3.28. The molecule has 21 heavy (non-hydrogen) atoms. The van der Waals surface area contributed by atoms with Crippen LogP contribution in [0.5, 0.6) is 0 Å². The lowest BCUT2D eigenvalue weighted by Crippen LogP contribution is -2.43. The van der Waals surface area contributed by atoms with Crippen LogP contribution in [0, 0.1) is 5.92 Å². The van der Waals surface area contributed by atoms with E-state index in [0.29, 0.717) is 0 Å². The summed E-state index contributed by atoms with van der Waals surface area (Å²) in [5.41, 5.74) is 0. The van der Waals surface area contributed by atoms with Gasteiger partial charge in [-0.2, -0.15) is 0 Å². The van der Waals surface area contributed by atoms with Crippen molar-refractivity contribution in [2.75, 3.05) is 6.61 Å². The molecule has 0 spiro atoms. The second-order valence-corrected chi connectivity index (χ2v) is 11.9. The smallest absolute Gasteiger partial charge is 0.335 e. The summed E-state index contributed by atoms with van der Waals surface area (Å²) in [5, 5.41) is 10.4. The van der Waals surface area contributed by atoms with Gasteiger partial charge < -0.3 is 14.3 Å². The maximum absolute atomic E-state index is 11.8. The fourth-order valence-electron chi connectivity index (χ4n) is 2.15. The van der Waals surface area contributed by atoms with Crippen molar-refractivity contribution in [3.8, 4) is 0 Å². The van der Waals surface area contributed by atoms with Gasteiger partial charge in [0.05, 0.1) is 18.3 Å². The normalized spacial score (nSPS) is 21.5. The van der Waals surface area contributed by atoms with Gasteiger partial charge in [-0.15, -0.1) is 0 Å². The molecule has 122 valence electrons. The Labute approximate surface area is 129 Å². The Morgan fingerprint density at radius 3 is 2.62 bits per heavy atom. The first-order chi connectivity index (χ1) is 9.60. The molecule has 0 amide bonds. The van der Waals surface area contributed by atoms with Crippen molar-refractivity contribution in [1.29, 1.82) is 0 Å². The number of allylic oxidation sites excluding steroid dienone is 1. The van der Waals surface area contributed by atoms with Gasteiger partial charge in [0.15, 0.2) is 6.10 Å². The van der Waals surface area contributed by atoms with Crippen molar-refractivity contribution in [2.24, 2.45) is 5.92 Å². The lowest BCUT2D eigenvalue weighted by atomic mass is 9.89. The summed E-state index contributed by atoms with van der Waals surface area (Å²) in [7, 11) is -1.96. The minimum Gasteiger partial charge on any atom is -0.546 e. The number of ether oxygens (including phenoxy) is 1. The molecule has 0 aliphatic heterocycles. The fraction of sp³-hybridized carbons (Fsp3) is 0.812. The quantitative estimate of drug-likeness (QED) is 0.622. The maximum Gasteiger partial charge on any atom is 0.335 e. The molecule has 0 saturated heterocycles. The molecule has 1 N–H and O–H groups in total. The van der Waals surface area contributed by atoms with Gasteiger partial charge in [0.25, 0.3) is 0 Å². The lowest BCUT2D eigenvalue weighted by Gasteiger charge is -2.40. The Kier molecular flexibility index (Phi) is 6.05. The predicted molar refractivity (Wildman–Crippen MR) is 86.3 cm³/mol. The largest absolute Gasteiger partial charge is 0.546 e. The molecule has 0 radical (unpaired) electrons. The van der Waals surface area contributed by atoms with Crippen LogP contribution in [0.1, 0.15) is 47.0 Å². The van der Waals surface area contributed by atoms with E-state index < -0.39 is 20.4 Å². The van der Waals surface area contributed by atoms with Crippen LogP contribution in [0.25, 0.3) is 0 Å². The second kappa shape index (κ2) is 6.96. The van der Waals surface area contributed by atoms with Gasteiger partial charge in [-0.25, -0.2) is 4.79 Å². The Balaban J connectivity index is 2.88. The molecule has 1 aliphatic rings. The van der Waals surface area contributed by atoms with Crippen molar-refractivity contribution in [2.45, 2.75) is 71.2 Å². The lowest BCUT2D eigenvalue weighted by molar-refractivity contribution is -0.156. The molecule has 2 atom stereocenters. The number of carbonyl (C=O) groups excluding carboxylic acids is 1. The third-order valence-corrected chi connectivity index (χ3v) is 8.88. The Hall–Kier alpha value is -0.813. The van der Waals surface area contributed by atoms with E-state index in [1.165, 1.54) is 0 Å². The first-order valence-corrected chi connectivity index (χ1v) is 10.7. The van der Waals surface area contributed by atoms with Crippen LogP contribution < -0.4 is 0 Å². The number of hydrogen-bond acceptors (Lipinski definition) is 4. The molecule has 0 aromatic rings. The molecule has 0 unspecified atom stereocenters. The van der Waals surface area contributed by atoms with Gasteiger partial charge in [0, 0.05) is 0 Å². The maximum atomic E-state index is 11.8. The summed E-state index contributed by atoms with van der Waals surface area (Å²) in [5.74, 6) is -0.0329. The summed E-state index contributed by atoms with van der Waals surface area (Å²) in [4.78, 5) is 11.8. The Morgan fingerprint density at radius 2 is 2.10 bits per heavy atom. The molecule has 0 heterocycles. The van der Waals surface area contributed by atoms with Crippen molar-refractivity contribution in [3.63, 3.8) is 0 Å². The van der Waals surface area contributed by atoms with Crippen LogP contribution in [0.4, 0.5) is 0 Å². The highest BCUT2D eigenvalue weighted by molar-refractivity contribution is 6.74. The number of esters is 1. The third kappa shape index (κ3) is 4.58. The molecule has 0 fully saturated rings. The van der Waals surface area contributed by atoms with Crippen molar-refractivity contribution in [3.05, 3.63) is 11.8 Å². The van der Waals surface area contributed by atoms with Crippen LogP contribution in [-0.4, -0.2) is 32.1 Å². The van der Waals surface area contributed by atoms with E-state index in [0.717, 1.165) is 25.0 Å². The van der Waals surface area contributed by atoms with Gasteiger partial charge in [-0.1, -0.05) is 20.8 Å². The Morgan fingerprint density at radius 1 is 1.48 bits per heavy atom. The molecule has 5 heteroatoms. The molecule has 0 aromatic carbocycles. The third-order valence-electron chi connectivity index (χ3n) is 4.52. The zero-order valence-corrected chi connectivity index (χ0v) is 15.2. The highest BCUT2D eigenvalue weighted by Gasteiger charge is 2.42. The molecular weight excluding hydrogens is 284 g/mol. The number of carbonyl (C=O) groups is 1. The second-order valence-electron chi connectivity index (χ2n) is 7.20. The molecule has 0 saturated carbocycles. The summed E-state index contributed by atoms with van der Waals surface area (Å²) in [6.07, 6.45) is 3.58. The van der Waals surface area contributed by atoms with Gasteiger partial charge in [-0.3, -0.25) is 0 Å². The zero-order valence-electron chi connectivity index (χ0n) is 14.2. The number of rotatable bonds is 5. The highest BCUT2D eigenvalue weighted by atomic mass is 28.4. The molecule has 1 rings (SSSR count). The predicted octanol–water partition coefficient (Wildman–Crippen LogP) is 3.62. The Bertz CT molecular complexity index is 396. The van der Waals surface area contributed by atoms with Gasteiger partial charge in [0.2, 0.25) is 8.32 Å². The van der Waals surface area contributed by atoms with Gasteiger partial charge >= 0.3 is 5.97 Å². The minimum atomic E-state index is -1.96. The van der Waals surface area contributed by atoms with Crippen molar-refractivity contribution < 1.29 is 19.1 Å². The van der Waals surface area contributed by atoms with E-state index in [-0.39, 0.29) is 17.6 Å². The van der Waals surface area contributed by atoms with E-state index in [1.54, 1.807) is 6.92 Å². The van der Waals surface area contributed by atoms with E-state index in [4.69, 9.17) is 9.16 Å². The van der Waals surface area contributed by atoms with E-state index in [1.807, 2.05) is 6.08 Å². The van der Waals surface area contributed by atoms with Crippen LogP contribution in [0.2, 0.25) is 18.1 Å². The van der Waals surface area contributed by atoms with Gasteiger partial charge in [0.1, 0.15) is 0 Å². The molecule has 1 aliphatic carbocycles. The summed E-state index contributed by atoms with van der Waals surface area (Å²) in [6.45, 7) is 12.9. The average Bonchev–Trinajstić information content (AvgIpc) is 2.37. The molecular formula is C16H30O4Si. The highest BCUT2D eigenvalue weighted by Crippen LogP contribution is 2.41. The topological polar surface area (TPSA) is 55.8 Å². The van der Waals surface area contributed by atoms with Crippen molar-refractivity contribution >= 4 is 14.3 Å². The molecule has 0 aromatic heterocycles. The standard InChI is InChI=1S/C16H30O4Si/c1-7-19-15(18)14(17)12-10-8-9-11-13(12)20-21(5,6)16(2,3)4/h11-12,14,17H,7-10H2,1-6H3/t12-,14+/m0/s1. The van der Waals surface area contributed by atoms with Crippen LogP contribution in [0.15, 0.2) is 11.8 Å². The number of aliphatic hydroxyl groups excluding tert-OH is 1. The molecule has 0 bridgehead atoms. The first kappa shape index (κ1) is 18.2. The summed E-state index contributed by atoms with van der Waals surface area (Å²) < 4.78 is 11.3. The van der Waals surface area contributed by atoms with E-state index in [9.17, 15) is 9.90 Å². The number of hydrogen-bond donors (Lipinski definition) is 1. The number of aliphatic hydroxyl groups is 1. The van der Waals surface area contributed by atoms with Gasteiger partial charge in [-0.05, 0) is 50.4 Å². The first-order valence-electron chi connectivity index (χ1n) is 7.84. The SMILES string of the molecule is CCOC(=O)[C@H](O)[C@H]1CCCC=C1O[Si](C)(C)C(C)(C)C. The van der Waals surface area contributed by atoms with Crippen LogP contribution in [-0.2, 0) is 14.0 Å². The monoisotopic (exact) mass is 314 g/mol. The molecule has 4 nitrogen and oxygen atoms in total. The zero-order chi connectivity index (χ0) is 16.3. The van der Waals surface area contributed by atoms with Crippen LogP contribution >= 0.6 is 0 Å². The summed E-state index contributed by atoms with van der Waals surface area (Å²) in [6, 6.07) is 0.